The summed E-state index contributed by atoms with van der Waals surface area (Å²) in [5, 5.41) is 10.8. The molecule has 0 saturated carbocycles. The second-order valence-electron chi connectivity index (χ2n) is 3.95. The minimum Gasteiger partial charge on any atom is -0.481 e. The standard InChI is InChI=1S/C11H16N2.C2H4O2/c1-2-5-11(6-3-1)13-9-4-7-12-8-10-13;1-2(3)4/h1-3,5-6,12H,4,7-10H2;1H3,(H,3,4). The summed E-state index contributed by atoms with van der Waals surface area (Å²) in [5.41, 5.74) is 1.35. The summed E-state index contributed by atoms with van der Waals surface area (Å²) in [6, 6.07) is 10.7. The summed E-state index contributed by atoms with van der Waals surface area (Å²) < 4.78 is 0. The molecule has 2 N–H and O–H groups in total. The smallest absolute Gasteiger partial charge is 0.300 e. The van der Waals surface area contributed by atoms with E-state index in [1.807, 2.05) is 0 Å². The van der Waals surface area contributed by atoms with Gasteiger partial charge in [0.1, 0.15) is 0 Å². The Balaban J connectivity index is 0.000000317. The number of rotatable bonds is 1. The molecule has 17 heavy (non-hydrogen) atoms. The molecule has 1 aromatic rings. The van der Waals surface area contributed by atoms with Crippen molar-refractivity contribution in [3.05, 3.63) is 30.3 Å². The molecule has 0 bridgehead atoms. The van der Waals surface area contributed by atoms with Crippen LogP contribution in [0.1, 0.15) is 13.3 Å². The first-order valence-electron chi connectivity index (χ1n) is 5.90. The van der Waals surface area contributed by atoms with Gasteiger partial charge in [-0.25, -0.2) is 0 Å². The Kier molecular flexibility index (Phi) is 6.10. The molecule has 2 rings (SSSR count). The summed E-state index contributed by atoms with van der Waals surface area (Å²) in [7, 11) is 0. The quantitative estimate of drug-likeness (QED) is 0.777. The van der Waals surface area contributed by atoms with Crippen LogP contribution in [0.2, 0.25) is 0 Å². The number of nitrogens with one attached hydrogen (secondary N) is 1. The van der Waals surface area contributed by atoms with Crippen molar-refractivity contribution >= 4 is 11.7 Å². The predicted molar refractivity (Wildman–Crippen MR) is 69.5 cm³/mol. The summed E-state index contributed by atoms with van der Waals surface area (Å²) in [6.45, 7) is 5.65. The average molecular weight is 236 g/mol. The maximum atomic E-state index is 9.00. The van der Waals surface area contributed by atoms with E-state index >= 15 is 0 Å². The first-order chi connectivity index (χ1) is 8.20. The van der Waals surface area contributed by atoms with Crippen LogP contribution in [0.3, 0.4) is 0 Å². The van der Waals surface area contributed by atoms with Gasteiger partial charge in [0.2, 0.25) is 0 Å². The maximum absolute atomic E-state index is 9.00. The largest absolute Gasteiger partial charge is 0.481 e. The van der Waals surface area contributed by atoms with Crippen molar-refractivity contribution < 1.29 is 9.90 Å². The van der Waals surface area contributed by atoms with Crippen LogP contribution >= 0.6 is 0 Å². The minimum atomic E-state index is -0.833. The van der Waals surface area contributed by atoms with Crippen molar-refractivity contribution in [1.29, 1.82) is 0 Å². The molecule has 0 amide bonds. The maximum Gasteiger partial charge on any atom is 0.300 e. The van der Waals surface area contributed by atoms with Crippen molar-refractivity contribution in [2.75, 3.05) is 31.1 Å². The zero-order valence-electron chi connectivity index (χ0n) is 10.2. The van der Waals surface area contributed by atoms with E-state index in [1.54, 1.807) is 0 Å². The van der Waals surface area contributed by atoms with Gasteiger partial charge in [0.25, 0.3) is 5.97 Å². The molecule has 1 saturated heterocycles. The van der Waals surface area contributed by atoms with Crippen molar-refractivity contribution in [2.24, 2.45) is 0 Å². The number of aliphatic carboxylic acids is 1. The van der Waals surface area contributed by atoms with E-state index in [1.165, 1.54) is 18.7 Å². The van der Waals surface area contributed by atoms with Crippen molar-refractivity contribution in [2.45, 2.75) is 13.3 Å². The van der Waals surface area contributed by atoms with Gasteiger partial charge in [-0.2, -0.15) is 0 Å². The molecule has 0 spiro atoms. The number of anilines is 1. The van der Waals surface area contributed by atoms with E-state index in [4.69, 9.17) is 9.90 Å². The lowest BCUT2D eigenvalue weighted by molar-refractivity contribution is -0.134. The van der Waals surface area contributed by atoms with Crippen LogP contribution < -0.4 is 10.2 Å². The van der Waals surface area contributed by atoms with Gasteiger partial charge >= 0.3 is 0 Å². The highest BCUT2D eigenvalue weighted by atomic mass is 16.4. The van der Waals surface area contributed by atoms with Crippen LogP contribution in [0, 0.1) is 0 Å². The zero-order chi connectivity index (χ0) is 12.5. The molecule has 1 heterocycles. The van der Waals surface area contributed by atoms with Crippen molar-refractivity contribution in [1.82, 2.24) is 5.32 Å². The van der Waals surface area contributed by atoms with E-state index in [2.05, 4.69) is 40.5 Å². The molecule has 0 aromatic heterocycles. The Hall–Kier alpha value is -1.55. The van der Waals surface area contributed by atoms with Crippen LogP contribution in [-0.2, 0) is 4.79 Å². The summed E-state index contributed by atoms with van der Waals surface area (Å²) >= 11 is 0. The molecule has 0 unspecified atom stereocenters. The summed E-state index contributed by atoms with van der Waals surface area (Å²) in [4.78, 5) is 11.4. The van der Waals surface area contributed by atoms with Gasteiger partial charge < -0.3 is 15.3 Å². The van der Waals surface area contributed by atoms with Crippen LogP contribution in [-0.4, -0.2) is 37.3 Å². The monoisotopic (exact) mass is 236 g/mol. The van der Waals surface area contributed by atoms with E-state index in [0.29, 0.717) is 0 Å². The average Bonchev–Trinajstić information content (AvgIpc) is 2.58. The topological polar surface area (TPSA) is 52.6 Å². The molecule has 4 nitrogen and oxygen atoms in total. The molecule has 1 aliphatic heterocycles. The number of para-hydroxylation sites is 1. The van der Waals surface area contributed by atoms with Crippen LogP contribution in [0.4, 0.5) is 5.69 Å². The highest BCUT2D eigenvalue weighted by Crippen LogP contribution is 2.13. The zero-order valence-corrected chi connectivity index (χ0v) is 10.2. The molecule has 94 valence electrons. The molecule has 1 fully saturated rings. The highest BCUT2D eigenvalue weighted by molar-refractivity contribution is 5.62. The van der Waals surface area contributed by atoms with E-state index in [0.717, 1.165) is 26.6 Å². The van der Waals surface area contributed by atoms with Gasteiger partial charge in [0.15, 0.2) is 0 Å². The molecule has 0 aliphatic carbocycles. The first-order valence-corrected chi connectivity index (χ1v) is 5.90. The molecular weight excluding hydrogens is 216 g/mol. The Labute approximate surface area is 102 Å². The molecule has 0 atom stereocenters. The third kappa shape index (κ3) is 5.92. The van der Waals surface area contributed by atoms with Gasteiger partial charge in [-0.1, -0.05) is 18.2 Å². The molecule has 0 radical (unpaired) electrons. The minimum absolute atomic E-state index is 0.833. The van der Waals surface area contributed by atoms with Gasteiger partial charge in [-0.15, -0.1) is 0 Å². The fraction of sp³-hybridized carbons (Fsp3) is 0.462. The fourth-order valence-corrected chi connectivity index (χ4v) is 1.74. The van der Waals surface area contributed by atoms with Crippen LogP contribution in [0.15, 0.2) is 30.3 Å². The first kappa shape index (κ1) is 13.5. The number of carboxylic acids is 1. The number of carboxylic acid groups (broad SMARTS) is 1. The summed E-state index contributed by atoms with van der Waals surface area (Å²) in [6.07, 6.45) is 1.24. The molecule has 1 aromatic carbocycles. The Bertz CT molecular complexity index is 315. The van der Waals surface area contributed by atoms with Crippen LogP contribution in [0.25, 0.3) is 0 Å². The van der Waals surface area contributed by atoms with E-state index in [-0.39, 0.29) is 0 Å². The number of hydrogen-bond acceptors (Lipinski definition) is 3. The third-order valence-corrected chi connectivity index (χ3v) is 2.46. The van der Waals surface area contributed by atoms with Gasteiger partial charge in [-0.3, -0.25) is 4.79 Å². The highest BCUT2D eigenvalue weighted by Gasteiger charge is 2.07. The van der Waals surface area contributed by atoms with E-state index in [9.17, 15) is 0 Å². The second-order valence-corrected chi connectivity index (χ2v) is 3.95. The van der Waals surface area contributed by atoms with Gasteiger partial charge in [-0.05, 0) is 25.1 Å². The second kappa shape index (κ2) is 7.68. The lowest BCUT2D eigenvalue weighted by atomic mass is 10.3. The summed E-state index contributed by atoms with van der Waals surface area (Å²) in [5.74, 6) is -0.833. The van der Waals surface area contributed by atoms with E-state index < -0.39 is 5.97 Å². The molecular formula is C13H20N2O2. The predicted octanol–water partition coefficient (Wildman–Crippen LogP) is 1.58. The Morgan fingerprint density at radius 1 is 1.24 bits per heavy atom. The number of carbonyl (C=O) groups is 1. The number of benzene rings is 1. The van der Waals surface area contributed by atoms with Crippen LogP contribution in [0.5, 0.6) is 0 Å². The Morgan fingerprint density at radius 3 is 2.53 bits per heavy atom. The molecule has 4 heteroatoms. The van der Waals surface area contributed by atoms with Gasteiger partial charge in [0.05, 0.1) is 0 Å². The lowest BCUT2D eigenvalue weighted by Gasteiger charge is -2.21. The normalized spacial score (nSPS) is 15.5. The van der Waals surface area contributed by atoms with Crippen molar-refractivity contribution in [3.63, 3.8) is 0 Å². The Morgan fingerprint density at radius 2 is 1.88 bits per heavy atom. The van der Waals surface area contributed by atoms with Crippen molar-refractivity contribution in [3.8, 4) is 0 Å². The molecule has 1 aliphatic rings. The third-order valence-electron chi connectivity index (χ3n) is 2.46. The lowest BCUT2D eigenvalue weighted by Crippen LogP contribution is -2.27. The van der Waals surface area contributed by atoms with Gasteiger partial charge in [0, 0.05) is 32.2 Å². The SMILES string of the molecule is CC(=O)O.c1ccc(N2CCCNCC2)cc1. The fourth-order valence-electron chi connectivity index (χ4n) is 1.74. The number of nitrogens with zero attached hydrogens (tertiary/aromatic N) is 1. The number of hydrogen-bond donors (Lipinski definition) is 2.